The molecule has 0 heterocycles. The second kappa shape index (κ2) is 6.66. The Hall–Kier alpha value is -2.42. The fourth-order valence-corrected chi connectivity index (χ4v) is 2.07. The average molecular weight is 268 g/mol. The number of benzene rings is 2. The molecule has 0 aliphatic heterocycles. The summed E-state index contributed by atoms with van der Waals surface area (Å²) >= 11 is 0. The molecule has 102 valence electrons. The summed E-state index contributed by atoms with van der Waals surface area (Å²) in [5, 5.41) is 0. The number of rotatable bonds is 4. The Kier molecular flexibility index (Phi) is 4.66. The van der Waals surface area contributed by atoms with Crippen LogP contribution in [0.1, 0.15) is 25.0 Å². The van der Waals surface area contributed by atoms with Gasteiger partial charge in [0.15, 0.2) is 6.54 Å². The molecule has 2 aromatic carbocycles. The number of hydrogen-bond acceptors (Lipinski definition) is 2. The lowest BCUT2D eigenvalue weighted by Crippen LogP contribution is -2.25. The van der Waals surface area contributed by atoms with Crippen LogP contribution >= 0.6 is 0 Å². The number of hydrogen-bond donors (Lipinski definition) is 0. The molecule has 2 aromatic rings. The maximum atomic E-state index is 11.3. The molecule has 0 spiro atoms. The maximum Gasteiger partial charge on any atom is 0.376 e. The summed E-state index contributed by atoms with van der Waals surface area (Å²) in [7, 11) is 0. The van der Waals surface area contributed by atoms with E-state index in [2.05, 4.69) is 0 Å². The topological polar surface area (TPSA) is 29.3 Å². The Morgan fingerprint density at radius 3 is 1.75 bits per heavy atom. The smallest absolute Gasteiger partial charge is 0.245 e. The van der Waals surface area contributed by atoms with Crippen LogP contribution in [0, 0.1) is 0 Å². The Labute approximate surface area is 119 Å². The third kappa shape index (κ3) is 3.32. The molecule has 0 saturated carbocycles. The van der Waals surface area contributed by atoms with E-state index in [0.717, 1.165) is 16.8 Å². The van der Waals surface area contributed by atoms with Gasteiger partial charge in [-0.05, 0) is 35.9 Å². The monoisotopic (exact) mass is 268 g/mol. The number of carbonyl (C=O) groups is 1. The van der Waals surface area contributed by atoms with Crippen molar-refractivity contribution in [3.8, 4) is 0 Å². The molecule has 0 atom stereocenters. The molecular weight excluding hydrogens is 250 g/mol. The molecule has 0 fully saturated rings. The molecule has 3 heteroatoms. The summed E-state index contributed by atoms with van der Waals surface area (Å²) in [6, 6.07) is 19.9. The van der Waals surface area contributed by atoms with E-state index in [1.807, 2.05) is 67.6 Å². The fraction of sp³-hybridized carbons (Fsp3) is 0.176. The predicted octanol–water partition coefficient (Wildman–Crippen LogP) is 3.03. The van der Waals surface area contributed by atoms with Crippen molar-refractivity contribution in [1.82, 2.24) is 0 Å². The van der Waals surface area contributed by atoms with Gasteiger partial charge in [-0.15, -0.1) is 0 Å². The highest BCUT2D eigenvalue weighted by molar-refractivity contribution is 6.09. The van der Waals surface area contributed by atoms with Gasteiger partial charge in [0.1, 0.15) is 0 Å². The molecule has 0 bridgehead atoms. The van der Waals surface area contributed by atoms with Gasteiger partial charge in [-0.2, -0.15) is 4.84 Å². The van der Waals surface area contributed by atoms with Gasteiger partial charge >= 0.3 is 5.97 Å². The van der Waals surface area contributed by atoms with Gasteiger partial charge in [0.05, 0.1) is 11.1 Å². The Balaban J connectivity index is 2.60. The second-order valence-corrected chi connectivity index (χ2v) is 4.36. The summed E-state index contributed by atoms with van der Waals surface area (Å²) in [6.45, 7) is 3.95. The Morgan fingerprint density at radius 2 is 1.40 bits per heavy atom. The molecule has 20 heavy (non-hydrogen) atoms. The maximum absolute atomic E-state index is 11.3. The molecule has 0 aliphatic rings. The highest BCUT2D eigenvalue weighted by Gasteiger charge is 2.21. The normalized spacial score (nSPS) is 9.90. The fourth-order valence-electron chi connectivity index (χ4n) is 2.07. The minimum absolute atomic E-state index is 0.323. The van der Waals surface area contributed by atoms with Crippen molar-refractivity contribution in [2.24, 2.45) is 0 Å². The van der Waals surface area contributed by atoms with Gasteiger partial charge < -0.3 is 0 Å². The minimum Gasteiger partial charge on any atom is -0.245 e. The highest BCUT2D eigenvalue weighted by atomic mass is 16.7. The van der Waals surface area contributed by atoms with Crippen molar-refractivity contribution in [2.45, 2.75) is 13.8 Å². The van der Waals surface area contributed by atoms with Crippen LogP contribution in [0.2, 0.25) is 0 Å². The first-order valence-corrected chi connectivity index (χ1v) is 6.66. The van der Waals surface area contributed by atoms with Crippen molar-refractivity contribution >= 4 is 11.7 Å². The molecule has 0 saturated heterocycles. The first kappa shape index (κ1) is 14.0. The molecule has 0 amide bonds. The van der Waals surface area contributed by atoms with Crippen molar-refractivity contribution in [2.75, 3.05) is 6.54 Å². The summed E-state index contributed by atoms with van der Waals surface area (Å²) < 4.78 is 1.63. The minimum atomic E-state index is -0.323. The zero-order chi connectivity index (χ0) is 14.4. The first-order valence-electron chi connectivity index (χ1n) is 6.66. The van der Waals surface area contributed by atoms with E-state index in [0.29, 0.717) is 6.54 Å². The largest absolute Gasteiger partial charge is 0.376 e. The summed E-state index contributed by atoms with van der Waals surface area (Å²) in [6.07, 6.45) is 0. The van der Waals surface area contributed by atoms with Crippen LogP contribution in [-0.2, 0) is 9.63 Å². The standard InChI is InChI=1S/C17H18NO2/c1-3-18(20-14(2)19)17(15-10-6-4-7-11-15)16-12-8-5-9-13-16/h4-13H,3H2,1-2H3/q+1. The third-order valence-electron chi connectivity index (χ3n) is 2.87. The van der Waals surface area contributed by atoms with Crippen molar-refractivity contribution in [3.05, 3.63) is 71.8 Å². The Bertz CT molecular complexity index is 562. The predicted molar refractivity (Wildman–Crippen MR) is 78.7 cm³/mol. The van der Waals surface area contributed by atoms with Crippen LogP contribution in [0.3, 0.4) is 0 Å². The molecule has 0 radical (unpaired) electrons. The van der Waals surface area contributed by atoms with E-state index < -0.39 is 0 Å². The van der Waals surface area contributed by atoms with E-state index in [-0.39, 0.29) is 5.97 Å². The van der Waals surface area contributed by atoms with Gasteiger partial charge in [-0.3, -0.25) is 0 Å². The molecule has 0 N–H and O–H groups in total. The lowest BCUT2D eigenvalue weighted by Gasteiger charge is -2.06. The third-order valence-corrected chi connectivity index (χ3v) is 2.87. The number of hydroxylamine groups is 1. The van der Waals surface area contributed by atoms with E-state index >= 15 is 0 Å². The van der Waals surface area contributed by atoms with E-state index in [1.165, 1.54) is 6.92 Å². The molecule has 0 unspecified atom stereocenters. The SMILES string of the molecule is CC[N+](OC(C)=O)=C(c1ccccc1)c1ccccc1. The van der Waals surface area contributed by atoms with Gasteiger partial charge in [0.2, 0.25) is 0 Å². The number of carbonyl (C=O) groups excluding carboxylic acids is 1. The summed E-state index contributed by atoms with van der Waals surface area (Å²) in [5.41, 5.74) is 2.92. The van der Waals surface area contributed by atoms with Crippen LogP contribution in [0.15, 0.2) is 60.7 Å². The molecular formula is C17H18NO2+. The summed E-state index contributed by atoms with van der Waals surface area (Å²) in [4.78, 5) is 16.6. The zero-order valence-corrected chi connectivity index (χ0v) is 11.7. The van der Waals surface area contributed by atoms with Crippen LogP contribution in [0.4, 0.5) is 0 Å². The van der Waals surface area contributed by atoms with E-state index in [4.69, 9.17) is 4.84 Å². The molecule has 2 rings (SSSR count). The zero-order valence-electron chi connectivity index (χ0n) is 11.7. The molecule has 3 nitrogen and oxygen atoms in total. The van der Waals surface area contributed by atoms with Gasteiger partial charge in [-0.25, -0.2) is 4.79 Å². The van der Waals surface area contributed by atoms with Crippen molar-refractivity contribution in [3.63, 3.8) is 0 Å². The highest BCUT2D eigenvalue weighted by Crippen LogP contribution is 2.11. The summed E-state index contributed by atoms with van der Waals surface area (Å²) in [5.74, 6) is -0.323. The van der Waals surface area contributed by atoms with Gasteiger partial charge in [0, 0.05) is 6.92 Å². The van der Waals surface area contributed by atoms with Gasteiger partial charge in [0.25, 0.3) is 5.71 Å². The lowest BCUT2D eigenvalue weighted by atomic mass is 10.0. The van der Waals surface area contributed by atoms with E-state index in [9.17, 15) is 4.79 Å². The Morgan fingerprint density at radius 1 is 0.950 bits per heavy atom. The van der Waals surface area contributed by atoms with Crippen LogP contribution in [0.5, 0.6) is 0 Å². The van der Waals surface area contributed by atoms with Crippen molar-refractivity contribution in [1.29, 1.82) is 0 Å². The van der Waals surface area contributed by atoms with Crippen LogP contribution in [0.25, 0.3) is 0 Å². The first-order chi connectivity index (χ1) is 9.72. The van der Waals surface area contributed by atoms with Crippen molar-refractivity contribution < 1.29 is 14.4 Å². The molecule has 0 aromatic heterocycles. The van der Waals surface area contributed by atoms with E-state index in [1.54, 1.807) is 4.74 Å². The lowest BCUT2D eigenvalue weighted by molar-refractivity contribution is -0.758. The van der Waals surface area contributed by atoms with Crippen LogP contribution < -0.4 is 0 Å². The average Bonchev–Trinajstić information content (AvgIpc) is 2.48. The number of nitrogens with zero attached hydrogens (tertiary/aromatic N) is 1. The van der Waals surface area contributed by atoms with Gasteiger partial charge in [-0.1, -0.05) is 36.4 Å². The second-order valence-electron chi connectivity index (χ2n) is 4.36. The molecule has 0 aliphatic carbocycles. The quantitative estimate of drug-likeness (QED) is 0.369. The van der Waals surface area contributed by atoms with Crippen LogP contribution in [-0.4, -0.2) is 23.0 Å².